The summed E-state index contributed by atoms with van der Waals surface area (Å²) in [5.74, 6) is 7.39. The zero-order valence-electron chi connectivity index (χ0n) is 16.4. The summed E-state index contributed by atoms with van der Waals surface area (Å²) in [5, 5.41) is 4.68. The van der Waals surface area contributed by atoms with Crippen LogP contribution in [0.4, 0.5) is 0 Å². The largest absolute Gasteiger partial charge is 0.474 e. The van der Waals surface area contributed by atoms with Gasteiger partial charge in [0.05, 0.1) is 11.1 Å². The zero-order valence-corrected chi connectivity index (χ0v) is 16.4. The molecule has 0 aromatic heterocycles. The molecule has 0 spiro atoms. The lowest BCUT2D eigenvalue weighted by Gasteiger charge is -2.66. The SMILES string of the molecule is [CH2-][NH2+][C@]1(C)[C@H](C)C[C@@H]2C[C@H](C)C3CC[C@](C)([NH2+][CH2-])C4CC[C@H]1C2[C@H]34. The van der Waals surface area contributed by atoms with Crippen LogP contribution in [0.15, 0.2) is 0 Å². The molecule has 0 aliphatic heterocycles. The molecule has 0 saturated heterocycles. The van der Waals surface area contributed by atoms with Gasteiger partial charge in [-0.25, -0.2) is 0 Å². The summed E-state index contributed by atoms with van der Waals surface area (Å²) in [4.78, 5) is 0. The highest BCUT2D eigenvalue weighted by atomic mass is 15.0. The van der Waals surface area contributed by atoms with Crippen molar-refractivity contribution in [2.24, 2.45) is 47.3 Å². The third-order valence-electron chi connectivity index (χ3n) is 9.89. The third kappa shape index (κ3) is 2.14. The van der Waals surface area contributed by atoms with Gasteiger partial charge in [-0.2, -0.15) is 14.1 Å². The van der Waals surface area contributed by atoms with Gasteiger partial charge in [0.25, 0.3) is 0 Å². The van der Waals surface area contributed by atoms with Gasteiger partial charge in [-0.3, -0.25) is 0 Å². The van der Waals surface area contributed by atoms with Crippen LogP contribution in [0, 0.1) is 61.4 Å². The highest BCUT2D eigenvalue weighted by Crippen LogP contribution is 2.64. The van der Waals surface area contributed by atoms with Crippen molar-refractivity contribution in [2.45, 2.75) is 77.3 Å². The average Bonchev–Trinajstić information content (AvgIpc) is 2.58. The van der Waals surface area contributed by atoms with Gasteiger partial charge in [-0.1, -0.05) is 13.8 Å². The lowest BCUT2D eigenvalue weighted by Crippen LogP contribution is -2.97. The summed E-state index contributed by atoms with van der Waals surface area (Å²) in [6.45, 7) is 10.1. The molecular weight excluding hydrogens is 292 g/mol. The molecule has 3 unspecified atom stereocenters. The second-order valence-corrected chi connectivity index (χ2v) is 10.5. The Balaban J connectivity index is 1.75. The summed E-state index contributed by atoms with van der Waals surface area (Å²) < 4.78 is 0. The molecule has 2 heteroatoms. The first-order chi connectivity index (χ1) is 11.4. The third-order valence-corrected chi connectivity index (χ3v) is 9.89. The van der Waals surface area contributed by atoms with Crippen LogP contribution >= 0.6 is 0 Å². The highest BCUT2D eigenvalue weighted by molar-refractivity contribution is 5.11. The Morgan fingerprint density at radius 3 is 2.25 bits per heavy atom. The number of quaternary nitrogens is 2. The maximum absolute atomic E-state index is 4.31. The lowest BCUT2D eigenvalue weighted by atomic mass is 9.40. The first-order valence-corrected chi connectivity index (χ1v) is 10.6. The van der Waals surface area contributed by atoms with Crippen molar-refractivity contribution in [1.82, 2.24) is 0 Å². The van der Waals surface area contributed by atoms with Crippen LogP contribution in [0.1, 0.15) is 66.2 Å². The van der Waals surface area contributed by atoms with E-state index in [9.17, 15) is 0 Å². The molecule has 0 heterocycles. The van der Waals surface area contributed by atoms with Crippen molar-refractivity contribution in [3.63, 3.8) is 0 Å². The lowest BCUT2D eigenvalue weighted by molar-refractivity contribution is -0.702. The molecule has 10 atom stereocenters. The monoisotopic (exact) mass is 332 g/mol. The Kier molecular flexibility index (Phi) is 4.12. The minimum absolute atomic E-state index is 0.360. The molecule has 138 valence electrons. The molecule has 2 nitrogen and oxygen atoms in total. The molecule has 0 aromatic carbocycles. The Bertz CT molecular complexity index is 490. The molecule has 4 rings (SSSR count). The summed E-state index contributed by atoms with van der Waals surface area (Å²) in [6, 6.07) is 0. The standard InChI is InChI=1S/C22H40N2/c1-13-11-15-12-14(2)22(4,24-6)18-8-7-17-20(19(15)18)16(13)9-10-21(17,3)23-5/h13-20H,5-12,23-24H2,1-4H3/t13-,14+,15-,16?,17?,18-,19?,20+,21-,22+/m0/s1. The average molecular weight is 333 g/mol. The maximum Gasteiger partial charge on any atom is 0.0752 e. The van der Waals surface area contributed by atoms with Gasteiger partial charge in [0, 0.05) is 24.2 Å². The maximum atomic E-state index is 4.31. The number of rotatable bonds is 2. The first-order valence-electron chi connectivity index (χ1n) is 10.6. The molecule has 0 bridgehead atoms. The predicted octanol–water partition coefficient (Wildman–Crippen LogP) is 2.58. The Morgan fingerprint density at radius 1 is 0.875 bits per heavy atom. The van der Waals surface area contributed by atoms with Crippen molar-refractivity contribution in [2.75, 3.05) is 0 Å². The fourth-order valence-electron chi connectivity index (χ4n) is 8.26. The van der Waals surface area contributed by atoms with Gasteiger partial charge < -0.3 is 10.6 Å². The van der Waals surface area contributed by atoms with Crippen molar-refractivity contribution < 1.29 is 10.6 Å². The van der Waals surface area contributed by atoms with E-state index in [1.807, 2.05) is 0 Å². The van der Waals surface area contributed by atoms with E-state index in [0.29, 0.717) is 11.1 Å². The van der Waals surface area contributed by atoms with Gasteiger partial charge in [-0.15, -0.1) is 0 Å². The van der Waals surface area contributed by atoms with Gasteiger partial charge in [0.1, 0.15) is 0 Å². The summed E-state index contributed by atoms with van der Waals surface area (Å²) in [7, 11) is 8.58. The smallest absolute Gasteiger partial charge is 0.0752 e. The fourth-order valence-corrected chi connectivity index (χ4v) is 8.26. The van der Waals surface area contributed by atoms with E-state index in [0.717, 1.165) is 47.3 Å². The van der Waals surface area contributed by atoms with Gasteiger partial charge in [0.15, 0.2) is 0 Å². The fraction of sp³-hybridized carbons (Fsp3) is 0.909. The second-order valence-electron chi connectivity index (χ2n) is 10.5. The number of hydrogen-bond donors (Lipinski definition) is 2. The van der Waals surface area contributed by atoms with E-state index in [-0.39, 0.29) is 0 Å². The second kappa shape index (κ2) is 5.71. The molecule has 0 aromatic rings. The Morgan fingerprint density at radius 2 is 1.58 bits per heavy atom. The van der Waals surface area contributed by atoms with Crippen molar-refractivity contribution in [3.05, 3.63) is 14.1 Å². The molecule has 4 fully saturated rings. The van der Waals surface area contributed by atoms with Crippen LogP contribution in [-0.4, -0.2) is 11.1 Å². The summed E-state index contributed by atoms with van der Waals surface area (Å²) in [5.41, 5.74) is 0.751. The van der Waals surface area contributed by atoms with E-state index < -0.39 is 0 Å². The number of nitrogens with two attached hydrogens (primary N) is 2. The minimum Gasteiger partial charge on any atom is -0.474 e. The van der Waals surface area contributed by atoms with Crippen LogP contribution in [0.2, 0.25) is 0 Å². The van der Waals surface area contributed by atoms with E-state index in [1.165, 1.54) is 38.5 Å². The Hall–Kier alpha value is -0.0800. The van der Waals surface area contributed by atoms with Crippen LogP contribution in [0.3, 0.4) is 0 Å². The van der Waals surface area contributed by atoms with Crippen LogP contribution in [0.5, 0.6) is 0 Å². The molecule has 24 heavy (non-hydrogen) atoms. The summed E-state index contributed by atoms with van der Waals surface area (Å²) in [6.07, 6.45) is 8.62. The highest BCUT2D eigenvalue weighted by Gasteiger charge is 2.63. The molecule has 4 saturated carbocycles. The molecule has 0 radical (unpaired) electrons. The molecule has 4 aliphatic carbocycles. The topological polar surface area (TPSA) is 33.2 Å². The summed E-state index contributed by atoms with van der Waals surface area (Å²) >= 11 is 0. The van der Waals surface area contributed by atoms with Gasteiger partial charge >= 0.3 is 0 Å². The van der Waals surface area contributed by atoms with Gasteiger partial charge in [-0.05, 0) is 75.5 Å². The molecular formula is C22H40N2. The van der Waals surface area contributed by atoms with Crippen LogP contribution < -0.4 is 10.6 Å². The van der Waals surface area contributed by atoms with Crippen molar-refractivity contribution in [1.29, 1.82) is 0 Å². The minimum atomic E-state index is 0.360. The van der Waals surface area contributed by atoms with Crippen molar-refractivity contribution in [3.8, 4) is 0 Å². The quantitative estimate of drug-likeness (QED) is 0.729. The van der Waals surface area contributed by atoms with Gasteiger partial charge in [0.2, 0.25) is 0 Å². The van der Waals surface area contributed by atoms with Crippen molar-refractivity contribution >= 4 is 0 Å². The van der Waals surface area contributed by atoms with Crippen LogP contribution in [-0.2, 0) is 0 Å². The Labute approximate surface area is 149 Å². The van der Waals surface area contributed by atoms with E-state index in [1.54, 1.807) is 0 Å². The predicted molar refractivity (Wildman–Crippen MR) is 98.3 cm³/mol. The zero-order chi connectivity index (χ0) is 17.3. The van der Waals surface area contributed by atoms with E-state index in [4.69, 9.17) is 0 Å². The molecule has 0 amide bonds. The van der Waals surface area contributed by atoms with Crippen LogP contribution in [0.25, 0.3) is 0 Å². The first kappa shape index (κ1) is 17.3. The molecule has 4 aliphatic rings. The molecule has 4 N–H and O–H groups in total. The normalized spacial score (nSPS) is 59.8. The number of hydrogen-bond acceptors (Lipinski definition) is 0. The van der Waals surface area contributed by atoms with E-state index >= 15 is 0 Å². The van der Waals surface area contributed by atoms with E-state index in [2.05, 4.69) is 52.4 Å².